The van der Waals surface area contributed by atoms with Crippen molar-refractivity contribution in [1.82, 2.24) is 0 Å². The van der Waals surface area contributed by atoms with Crippen LogP contribution in [0, 0.1) is 0 Å². The molecular weight excluding hydrogens is 348 g/mol. The number of allylic oxidation sites excluding steroid dienone is 3. The van der Waals surface area contributed by atoms with Crippen LogP contribution in [0.1, 0.15) is 19.4 Å². The second-order valence-electron chi connectivity index (χ2n) is 6.71. The fraction of sp³-hybridized carbons (Fsp3) is 0.300. The third kappa shape index (κ3) is 4.13. The van der Waals surface area contributed by atoms with Gasteiger partial charge in [-0.25, -0.2) is 9.59 Å². The number of anilines is 2. The van der Waals surface area contributed by atoms with E-state index in [0.29, 0.717) is 0 Å². The van der Waals surface area contributed by atoms with Gasteiger partial charge in [-0.15, -0.1) is 0 Å². The average molecular weight is 370 g/mol. The number of nitrogens with zero attached hydrogens (tertiary/aromatic N) is 1. The van der Waals surface area contributed by atoms with Gasteiger partial charge in [0.05, 0.1) is 0 Å². The van der Waals surface area contributed by atoms with E-state index in [1.54, 1.807) is 6.08 Å². The van der Waals surface area contributed by atoms with Crippen molar-refractivity contribution in [2.45, 2.75) is 26.1 Å². The predicted molar refractivity (Wildman–Crippen MR) is 101 cm³/mol. The molecule has 7 heteroatoms. The molecule has 3 rings (SSSR count). The first-order valence-corrected chi connectivity index (χ1v) is 8.62. The monoisotopic (exact) mass is 370 g/mol. The molecule has 142 valence electrons. The molecule has 1 fully saturated rings. The lowest BCUT2D eigenvalue weighted by Crippen LogP contribution is -2.41. The van der Waals surface area contributed by atoms with Gasteiger partial charge in [0.25, 0.3) is 5.79 Å². The maximum atomic E-state index is 11.9. The van der Waals surface area contributed by atoms with Crippen LogP contribution in [0.3, 0.4) is 0 Å². The van der Waals surface area contributed by atoms with E-state index in [9.17, 15) is 14.7 Å². The molecule has 2 aliphatic rings. The molecule has 2 N–H and O–H groups in total. The number of nitrogens with one attached hydrogen (secondary N) is 1. The number of carbonyl (C=O) groups is 2. The minimum absolute atomic E-state index is 0.250. The smallest absolute Gasteiger partial charge is 0.348 e. The summed E-state index contributed by atoms with van der Waals surface area (Å²) in [6, 6.07) is 6.16. The van der Waals surface area contributed by atoms with Crippen molar-refractivity contribution in [3.05, 3.63) is 59.5 Å². The van der Waals surface area contributed by atoms with Gasteiger partial charge in [-0.05, 0) is 42.3 Å². The van der Waals surface area contributed by atoms with Gasteiger partial charge >= 0.3 is 11.9 Å². The minimum atomic E-state index is -1.30. The van der Waals surface area contributed by atoms with Crippen LogP contribution in [-0.4, -0.2) is 36.4 Å². The third-order valence-corrected chi connectivity index (χ3v) is 4.24. The lowest BCUT2D eigenvalue weighted by atomic mass is 10.1. The van der Waals surface area contributed by atoms with Gasteiger partial charge in [0.15, 0.2) is 0 Å². The normalized spacial score (nSPS) is 19.0. The van der Waals surface area contributed by atoms with Crippen LogP contribution in [0.5, 0.6) is 0 Å². The molecule has 27 heavy (non-hydrogen) atoms. The van der Waals surface area contributed by atoms with E-state index in [4.69, 9.17) is 9.47 Å². The Kier molecular flexibility index (Phi) is 4.94. The van der Waals surface area contributed by atoms with Crippen molar-refractivity contribution < 1.29 is 24.2 Å². The molecule has 0 amide bonds. The molecule has 0 radical (unpaired) electrons. The van der Waals surface area contributed by atoms with Crippen LogP contribution in [0.4, 0.5) is 11.4 Å². The highest BCUT2D eigenvalue weighted by molar-refractivity contribution is 6.15. The molecular formula is C20H22N2O5. The van der Waals surface area contributed by atoms with Gasteiger partial charge in [-0.2, -0.15) is 0 Å². The molecule has 2 aliphatic heterocycles. The number of cyclic esters (lactones) is 2. The number of rotatable bonds is 4. The number of benzene rings is 1. The van der Waals surface area contributed by atoms with Gasteiger partial charge in [0.2, 0.25) is 0 Å². The lowest BCUT2D eigenvalue weighted by molar-refractivity contribution is -0.222. The number of hydrogen-bond acceptors (Lipinski definition) is 7. The molecule has 1 aromatic rings. The fourth-order valence-electron chi connectivity index (χ4n) is 2.96. The molecule has 0 saturated carbocycles. The highest BCUT2D eigenvalue weighted by atomic mass is 16.7. The quantitative estimate of drug-likeness (QED) is 0.277. The summed E-state index contributed by atoms with van der Waals surface area (Å²) >= 11 is 0. The summed E-state index contributed by atoms with van der Waals surface area (Å²) in [7, 11) is 1.88. The summed E-state index contributed by atoms with van der Waals surface area (Å²) in [6.45, 7) is 3.76. The van der Waals surface area contributed by atoms with Crippen molar-refractivity contribution in [3.63, 3.8) is 0 Å². The van der Waals surface area contributed by atoms with Gasteiger partial charge in [-0.3, -0.25) is 0 Å². The number of esters is 2. The average Bonchev–Trinajstić information content (AvgIpc) is 2.99. The highest BCUT2D eigenvalue weighted by Crippen LogP contribution is 2.30. The summed E-state index contributed by atoms with van der Waals surface area (Å²) in [5.74, 6) is -3.20. The van der Waals surface area contributed by atoms with E-state index < -0.39 is 17.7 Å². The highest BCUT2D eigenvalue weighted by Gasteiger charge is 2.38. The number of ether oxygens (including phenoxy) is 2. The molecule has 0 spiro atoms. The second-order valence-corrected chi connectivity index (χ2v) is 6.71. The molecule has 1 aromatic carbocycles. The number of hydrogen-bond donors (Lipinski definition) is 2. The van der Waals surface area contributed by atoms with Crippen LogP contribution in [-0.2, 0) is 25.5 Å². The zero-order valence-electron chi connectivity index (χ0n) is 15.5. The van der Waals surface area contributed by atoms with Crippen molar-refractivity contribution in [2.75, 3.05) is 23.8 Å². The number of aliphatic hydroxyl groups excluding tert-OH is 1. The Hall–Kier alpha value is -3.22. The second kappa shape index (κ2) is 7.19. The standard InChI is InChI=1S/C20H22N2O5/c1-20(2)26-18(24)16(19(25)27-20)12-15(23)5-4-9-22-10-8-13-11-14(21-3)6-7-17(13)22/h4-7,9,11-12,21,23H,8,10H2,1-3H3/b9-4+,15-5-. The molecule has 0 aliphatic carbocycles. The molecule has 0 unspecified atom stereocenters. The zero-order valence-corrected chi connectivity index (χ0v) is 15.5. The van der Waals surface area contributed by atoms with Crippen molar-refractivity contribution in [3.8, 4) is 0 Å². The Morgan fingerprint density at radius 2 is 1.96 bits per heavy atom. The van der Waals surface area contributed by atoms with Crippen LogP contribution in [0.15, 0.2) is 54.0 Å². The summed E-state index contributed by atoms with van der Waals surface area (Å²) in [4.78, 5) is 25.8. The Bertz CT molecular complexity index is 845. The maximum Gasteiger partial charge on any atom is 0.348 e. The van der Waals surface area contributed by atoms with Crippen LogP contribution >= 0.6 is 0 Å². The largest absolute Gasteiger partial charge is 0.508 e. The predicted octanol–water partition coefficient (Wildman–Crippen LogP) is 2.81. The minimum Gasteiger partial charge on any atom is -0.508 e. The maximum absolute atomic E-state index is 11.9. The summed E-state index contributed by atoms with van der Waals surface area (Å²) in [6.07, 6.45) is 6.86. The first-order chi connectivity index (χ1) is 12.8. The Balaban J connectivity index is 1.70. The van der Waals surface area contributed by atoms with E-state index in [1.165, 1.54) is 25.5 Å². The number of fused-ring (bicyclic) bond motifs is 1. The number of carbonyl (C=O) groups excluding carboxylic acids is 2. The number of aliphatic hydroxyl groups is 1. The van der Waals surface area contributed by atoms with Gasteiger partial charge in [-0.1, -0.05) is 0 Å². The van der Waals surface area contributed by atoms with Gasteiger partial charge in [0.1, 0.15) is 11.3 Å². The molecule has 0 bridgehead atoms. The van der Waals surface area contributed by atoms with Crippen molar-refractivity contribution in [2.24, 2.45) is 0 Å². The topological polar surface area (TPSA) is 88.1 Å². The van der Waals surface area contributed by atoms with Crippen LogP contribution < -0.4 is 10.2 Å². The Morgan fingerprint density at radius 1 is 1.26 bits per heavy atom. The van der Waals surface area contributed by atoms with E-state index in [1.807, 2.05) is 25.4 Å². The summed E-state index contributed by atoms with van der Waals surface area (Å²) in [5.41, 5.74) is 3.08. The van der Waals surface area contributed by atoms with E-state index in [-0.39, 0.29) is 11.3 Å². The SMILES string of the molecule is CNc1ccc2c(c1)CCN2/C=C/C=C(\O)C=C1C(=O)OC(C)(C)OC1=O. The van der Waals surface area contributed by atoms with Gasteiger partial charge < -0.3 is 24.8 Å². The molecule has 1 saturated heterocycles. The molecule has 7 nitrogen and oxygen atoms in total. The molecule has 0 atom stereocenters. The van der Waals surface area contributed by atoms with Crippen molar-refractivity contribution >= 4 is 23.3 Å². The summed E-state index contributed by atoms with van der Waals surface area (Å²) in [5, 5.41) is 13.1. The van der Waals surface area contributed by atoms with Crippen molar-refractivity contribution in [1.29, 1.82) is 0 Å². The first kappa shape index (κ1) is 18.6. The van der Waals surface area contributed by atoms with E-state index in [2.05, 4.69) is 16.3 Å². The molecule has 0 aromatic heterocycles. The Morgan fingerprint density at radius 3 is 2.63 bits per heavy atom. The summed E-state index contributed by atoms with van der Waals surface area (Å²) < 4.78 is 9.96. The fourth-order valence-corrected chi connectivity index (χ4v) is 2.96. The van der Waals surface area contributed by atoms with E-state index in [0.717, 1.165) is 30.4 Å². The van der Waals surface area contributed by atoms with Gasteiger partial charge in [0, 0.05) is 51.1 Å². The zero-order chi connectivity index (χ0) is 19.6. The van der Waals surface area contributed by atoms with Crippen LogP contribution in [0.25, 0.3) is 0 Å². The first-order valence-electron chi connectivity index (χ1n) is 8.62. The third-order valence-electron chi connectivity index (χ3n) is 4.24. The lowest BCUT2D eigenvalue weighted by Gasteiger charge is -2.29. The Labute approximate surface area is 157 Å². The van der Waals surface area contributed by atoms with Crippen LogP contribution in [0.2, 0.25) is 0 Å². The van der Waals surface area contributed by atoms with E-state index >= 15 is 0 Å². The molecule has 2 heterocycles.